The molecule has 2 aromatic carbocycles. The predicted molar refractivity (Wildman–Crippen MR) is 76.8 cm³/mol. The molecule has 0 fully saturated rings. The maximum atomic E-state index is 6.29. The summed E-state index contributed by atoms with van der Waals surface area (Å²) in [6, 6.07) is 13.7. The number of ether oxygens (including phenoxy) is 2. The van der Waals surface area contributed by atoms with E-state index in [0.29, 0.717) is 0 Å². The van der Waals surface area contributed by atoms with Crippen LogP contribution in [-0.2, 0) is 0 Å². The fourth-order valence-corrected chi connectivity index (χ4v) is 2.03. The van der Waals surface area contributed by atoms with Gasteiger partial charge in [-0.1, -0.05) is 24.3 Å². The van der Waals surface area contributed by atoms with Crippen LogP contribution in [0.3, 0.4) is 0 Å². The number of hydrogen-bond donors (Lipinski definition) is 1. The Balaban J connectivity index is 2.29. The van der Waals surface area contributed by atoms with Crippen LogP contribution in [0.15, 0.2) is 42.5 Å². The maximum Gasteiger partial charge on any atom is 0.122 e. The number of methoxy groups -OCH3 is 2. The van der Waals surface area contributed by atoms with Crippen molar-refractivity contribution in [2.24, 2.45) is 5.73 Å². The fourth-order valence-electron chi connectivity index (χ4n) is 2.03. The number of aryl methyl sites for hydroxylation is 1. The van der Waals surface area contributed by atoms with Crippen LogP contribution in [0.25, 0.3) is 0 Å². The summed E-state index contributed by atoms with van der Waals surface area (Å²) in [6.07, 6.45) is 0. The number of nitrogens with two attached hydrogens (primary N) is 1. The lowest BCUT2D eigenvalue weighted by atomic mass is 9.98. The van der Waals surface area contributed by atoms with E-state index in [1.54, 1.807) is 14.2 Å². The Hall–Kier alpha value is -2.00. The summed E-state index contributed by atoms with van der Waals surface area (Å²) in [5, 5.41) is 0. The van der Waals surface area contributed by atoms with Crippen LogP contribution < -0.4 is 15.2 Å². The molecule has 0 saturated carbocycles. The zero-order valence-corrected chi connectivity index (χ0v) is 11.5. The standard InChI is InChI=1S/C16H19NO2/c1-11-4-5-13(10-15(11)19-3)16(17)12-6-8-14(18-2)9-7-12/h4-10,16H,17H2,1-3H3. The minimum absolute atomic E-state index is 0.166. The van der Waals surface area contributed by atoms with Crippen LogP contribution in [0.1, 0.15) is 22.7 Å². The van der Waals surface area contributed by atoms with Gasteiger partial charge < -0.3 is 15.2 Å². The fraction of sp³-hybridized carbons (Fsp3) is 0.250. The Kier molecular flexibility index (Phi) is 4.07. The minimum atomic E-state index is -0.166. The molecule has 0 radical (unpaired) electrons. The minimum Gasteiger partial charge on any atom is -0.497 e. The van der Waals surface area contributed by atoms with Gasteiger partial charge in [-0.05, 0) is 41.8 Å². The summed E-state index contributed by atoms with van der Waals surface area (Å²) in [4.78, 5) is 0. The highest BCUT2D eigenvalue weighted by Crippen LogP contribution is 2.26. The van der Waals surface area contributed by atoms with E-state index >= 15 is 0 Å². The van der Waals surface area contributed by atoms with E-state index in [-0.39, 0.29) is 6.04 Å². The number of benzene rings is 2. The van der Waals surface area contributed by atoms with Crippen molar-refractivity contribution in [3.8, 4) is 11.5 Å². The van der Waals surface area contributed by atoms with E-state index in [2.05, 4.69) is 0 Å². The normalized spacial score (nSPS) is 12.0. The zero-order chi connectivity index (χ0) is 13.8. The molecule has 1 atom stereocenters. The first kappa shape index (κ1) is 13.4. The Morgan fingerprint density at radius 1 is 0.895 bits per heavy atom. The lowest BCUT2D eigenvalue weighted by molar-refractivity contribution is 0.411. The summed E-state index contributed by atoms with van der Waals surface area (Å²) in [5.74, 6) is 1.69. The number of rotatable bonds is 4. The van der Waals surface area contributed by atoms with E-state index < -0.39 is 0 Å². The SMILES string of the molecule is COc1ccc(C(N)c2ccc(C)c(OC)c2)cc1. The molecule has 0 aliphatic heterocycles. The summed E-state index contributed by atoms with van der Waals surface area (Å²) in [6.45, 7) is 2.02. The van der Waals surface area contributed by atoms with Crippen molar-refractivity contribution in [1.82, 2.24) is 0 Å². The molecule has 0 aromatic heterocycles. The largest absolute Gasteiger partial charge is 0.497 e. The van der Waals surface area contributed by atoms with E-state index in [9.17, 15) is 0 Å². The molecule has 0 amide bonds. The van der Waals surface area contributed by atoms with Gasteiger partial charge in [0.15, 0.2) is 0 Å². The van der Waals surface area contributed by atoms with Gasteiger partial charge in [0.1, 0.15) is 11.5 Å². The third kappa shape index (κ3) is 2.88. The molecular formula is C16H19NO2. The summed E-state index contributed by atoms with van der Waals surface area (Å²) >= 11 is 0. The average Bonchev–Trinajstić information content (AvgIpc) is 2.47. The van der Waals surface area contributed by atoms with Gasteiger partial charge in [-0.15, -0.1) is 0 Å². The molecule has 2 aromatic rings. The summed E-state index contributed by atoms with van der Waals surface area (Å²) < 4.78 is 10.5. The van der Waals surface area contributed by atoms with Crippen molar-refractivity contribution in [1.29, 1.82) is 0 Å². The molecule has 2 rings (SSSR count). The van der Waals surface area contributed by atoms with Crippen molar-refractivity contribution in [3.05, 3.63) is 59.2 Å². The highest BCUT2D eigenvalue weighted by Gasteiger charge is 2.11. The lowest BCUT2D eigenvalue weighted by Crippen LogP contribution is -2.12. The van der Waals surface area contributed by atoms with Crippen LogP contribution in [0, 0.1) is 6.92 Å². The highest BCUT2D eigenvalue weighted by atomic mass is 16.5. The van der Waals surface area contributed by atoms with E-state index in [0.717, 1.165) is 28.2 Å². The molecule has 0 bridgehead atoms. The summed E-state index contributed by atoms with van der Waals surface area (Å²) in [5.41, 5.74) is 9.47. The lowest BCUT2D eigenvalue weighted by Gasteiger charge is -2.15. The Morgan fingerprint density at radius 3 is 2.11 bits per heavy atom. The second kappa shape index (κ2) is 5.76. The summed E-state index contributed by atoms with van der Waals surface area (Å²) in [7, 11) is 3.32. The molecule has 2 N–H and O–H groups in total. The maximum absolute atomic E-state index is 6.29. The zero-order valence-electron chi connectivity index (χ0n) is 11.5. The Morgan fingerprint density at radius 2 is 1.53 bits per heavy atom. The first-order valence-electron chi connectivity index (χ1n) is 6.19. The first-order valence-corrected chi connectivity index (χ1v) is 6.19. The van der Waals surface area contributed by atoms with Gasteiger partial charge in [0.2, 0.25) is 0 Å². The van der Waals surface area contributed by atoms with Crippen molar-refractivity contribution in [3.63, 3.8) is 0 Å². The van der Waals surface area contributed by atoms with Crippen molar-refractivity contribution in [2.45, 2.75) is 13.0 Å². The van der Waals surface area contributed by atoms with Crippen LogP contribution in [0.4, 0.5) is 0 Å². The topological polar surface area (TPSA) is 44.5 Å². The average molecular weight is 257 g/mol. The van der Waals surface area contributed by atoms with E-state index in [1.165, 1.54) is 0 Å². The van der Waals surface area contributed by atoms with Crippen LogP contribution >= 0.6 is 0 Å². The van der Waals surface area contributed by atoms with Gasteiger partial charge in [0, 0.05) is 0 Å². The van der Waals surface area contributed by atoms with Crippen molar-refractivity contribution in [2.75, 3.05) is 14.2 Å². The molecule has 3 heteroatoms. The first-order chi connectivity index (χ1) is 9.15. The van der Waals surface area contributed by atoms with Crippen LogP contribution in [0.2, 0.25) is 0 Å². The van der Waals surface area contributed by atoms with E-state index in [4.69, 9.17) is 15.2 Å². The van der Waals surface area contributed by atoms with Crippen molar-refractivity contribution < 1.29 is 9.47 Å². The van der Waals surface area contributed by atoms with Gasteiger partial charge in [0.05, 0.1) is 20.3 Å². The van der Waals surface area contributed by atoms with Gasteiger partial charge in [0.25, 0.3) is 0 Å². The molecule has 0 spiro atoms. The molecule has 0 aliphatic carbocycles. The molecule has 0 saturated heterocycles. The van der Waals surface area contributed by atoms with Gasteiger partial charge in [-0.3, -0.25) is 0 Å². The molecule has 1 unspecified atom stereocenters. The number of hydrogen-bond acceptors (Lipinski definition) is 3. The Labute approximate surface area is 114 Å². The molecule has 19 heavy (non-hydrogen) atoms. The second-order valence-corrected chi connectivity index (χ2v) is 4.48. The van der Waals surface area contributed by atoms with Crippen molar-refractivity contribution >= 4 is 0 Å². The highest BCUT2D eigenvalue weighted by molar-refractivity contribution is 5.41. The van der Waals surface area contributed by atoms with E-state index in [1.807, 2.05) is 49.4 Å². The third-order valence-corrected chi connectivity index (χ3v) is 3.27. The van der Waals surface area contributed by atoms with Crippen LogP contribution in [-0.4, -0.2) is 14.2 Å². The van der Waals surface area contributed by atoms with Crippen LogP contribution in [0.5, 0.6) is 11.5 Å². The van der Waals surface area contributed by atoms with Gasteiger partial charge >= 0.3 is 0 Å². The predicted octanol–water partition coefficient (Wildman–Crippen LogP) is 3.06. The van der Waals surface area contributed by atoms with Gasteiger partial charge in [-0.2, -0.15) is 0 Å². The molecule has 100 valence electrons. The quantitative estimate of drug-likeness (QED) is 0.915. The molecule has 0 heterocycles. The Bertz CT molecular complexity index is 549. The molecule has 3 nitrogen and oxygen atoms in total. The molecule has 0 aliphatic rings. The second-order valence-electron chi connectivity index (χ2n) is 4.48. The molecular weight excluding hydrogens is 238 g/mol. The van der Waals surface area contributed by atoms with Gasteiger partial charge in [-0.25, -0.2) is 0 Å². The monoisotopic (exact) mass is 257 g/mol. The third-order valence-electron chi connectivity index (χ3n) is 3.27. The smallest absolute Gasteiger partial charge is 0.122 e.